The molecule has 4 nitrogen and oxygen atoms in total. The van der Waals surface area contributed by atoms with E-state index >= 15 is 0 Å². The number of nitrogens with zero attached hydrogens (tertiary/aromatic N) is 1. The van der Waals surface area contributed by atoms with Crippen molar-refractivity contribution in [1.82, 2.24) is 5.32 Å². The van der Waals surface area contributed by atoms with E-state index in [0.717, 1.165) is 18.5 Å². The van der Waals surface area contributed by atoms with Crippen molar-refractivity contribution in [3.8, 4) is 0 Å². The number of nitrogens with one attached hydrogen (secondary N) is 2. The minimum absolute atomic E-state index is 0.171. The molecule has 4 heteroatoms. The predicted molar refractivity (Wildman–Crippen MR) is 93.5 cm³/mol. The first-order valence-corrected chi connectivity index (χ1v) is 8.46. The zero-order valence-electron chi connectivity index (χ0n) is 13.9. The molecule has 2 rings (SSSR count). The first-order valence-electron chi connectivity index (χ1n) is 8.46. The summed E-state index contributed by atoms with van der Waals surface area (Å²) in [5.74, 6) is 0.171. The van der Waals surface area contributed by atoms with Gasteiger partial charge in [0.15, 0.2) is 0 Å². The molecule has 1 aromatic rings. The van der Waals surface area contributed by atoms with Gasteiger partial charge in [-0.05, 0) is 37.1 Å². The van der Waals surface area contributed by atoms with Crippen LogP contribution in [-0.2, 0) is 4.79 Å². The van der Waals surface area contributed by atoms with Gasteiger partial charge in [-0.1, -0.05) is 25.7 Å². The number of hydrogen-bond donors (Lipinski definition) is 2. The van der Waals surface area contributed by atoms with Gasteiger partial charge in [-0.3, -0.25) is 4.79 Å². The quantitative estimate of drug-likeness (QED) is 0.792. The van der Waals surface area contributed by atoms with Crippen LogP contribution in [0.5, 0.6) is 0 Å². The summed E-state index contributed by atoms with van der Waals surface area (Å²) in [6.45, 7) is 0.680. The summed E-state index contributed by atoms with van der Waals surface area (Å²) in [7, 11) is 4.06. The molecule has 1 aliphatic rings. The van der Waals surface area contributed by atoms with E-state index in [0.29, 0.717) is 19.0 Å². The third-order valence-electron chi connectivity index (χ3n) is 4.29. The number of anilines is 2. The van der Waals surface area contributed by atoms with Crippen LogP contribution < -0.4 is 15.5 Å². The molecule has 1 amide bonds. The number of benzene rings is 1. The zero-order valence-corrected chi connectivity index (χ0v) is 13.9. The molecule has 0 aliphatic heterocycles. The van der Waals surface area contributed by atoms with Crippen LogP contribution in [0.4, 0.5) is 11.4 Å². The molecular weight excluding hydrogens is 274 g/mol. The van der Waals surface area contributed by atoms with Crippen LogP contribution in [0.15, 0.2) is 24.3 Å². The molecule has 2 N–H and O–H groups in total. The minimum Gasteiger partial charge on any atom is -0.385 e. The first kappa shape index (κ1) is 16.7. The van der Waals surface area contributed by atoms with Crippen molar-refractivity contribution in [1.29, 1.82) is 0 Å². The highest BCUT2D eigenvalue weighted by molar-refractivity contribution is 5.76. The Morgan fingerprint density at radius 1 is 1.09 bits per heavy atom. The average molecular weight is 303 g/mol. The van der Waals surface area contributed by atoms with Crippen molar-refractivity contribution in [3.63, 3.8) is 0 Å². The monoisotopic (exact) mass is 303 g/mol. The second-order valence-corrected chi connectivity index (χ2v) is 6.37. The maximum atomic E-state index is 12.0. The lowest BCUT2D eigenvalue weighted by Crippen LogP contribution is -2.35. The van der Waals surface area contributed by atoms with Gasteiger partial charge in [0.25, 0.3) is 0 Å². The Bertz CT molecular complexity index is 448. The Hall–Kier alpha value is -1.71. The molecule has 0 heterocycles. The van der Waals surface area contributed by atoms with Crippen molar-refractivity contribution in [2.45, 2.75) is 51.0 Å². The molecule has 0 spiro atoms. The lowest BCUT2D eigenvalue weighted by atomic mass is 10.1. The largest absolute Gasteiger partial charge is 0.385 e. The molecule has 0 unspecified atom stereocenters. The van der Waals surface area contributed by atoms with E-state index in [4.69, 9.17) is 0 Å². The lowest BCUT2D eigenvalue weighted by Gasteiger charge is -2.16. The molecule has 122 valence electrons. The Morgan fingerprint density at radius 3 is 2.32 bits per heavy atom. The summed E-state index contributed by atoms with van der Waals surface area (Å²) in [5, 5.41) is 6.50. The van der Waals surface area contributed by atoms with E-state index in [9.17, 15) is 4.79 Å². The van der Waals surface area contributed by atoms with Crippen LogP contribution in [-0.4, -0.2) is 32.6 Å². The van der Waals surface area contributed by atoms with E-state index in [1.54, 1.807) is 0 Å². The van der Waals surface area contributed by atoms with Gasteiger partial charge in [0.2, 0.25) is 5.91 Å². The van der Waals surface area contributed by atoms with Gasteiger partial charge in [0.1, 0.15) is 0 Å². The topological polar surface area (TPSA) is 44.4 Å². The normalized spacial score (nSPS) is 15.9. The predicted octanol–water partition coefficient (Wildman–Crippen LogP) is 3.39. The van der Waals surface area contributed by atoms with Gasteiger partial charge >= 0.3 is 0 Å². The third-order valence-corrected chi connectivity index (χ3v) is 4.29. The highest BCUT2D eigenvalue weighted by Gasteiger charge is 2.14. The summed E-state index contributed by atoms with van der Waals surface area (Å²) in [6, 6.07) is 8.66. The Kier molecular flexibility index (Phi) is 6.56. The molecule has 22 heavy (non-hydrogen) atoms. The Balaban J connectivity index is 1.67. The first-order chi connectivity index (χ1) is 10.6. The van der Waals surface area contributed by atoms with Gasteiger partial charge in [-0.2, -0.15) is 0 Å². The SMILES string of the molecule is CN(C)c1ccc(NCCC(=O)NC2CCCCCC2)cc1. The fourth-order valence-electron chi connectivity index (χ4n) is 2.92. The molecule has 0 atom stereocenters. The van der Waals surface area contributed by atoms with Crippen molar-refractivity contribution in [2.75, 3.05) is 30.9 Å². The number of amides is 1. The van der Waals surface area contributed by atoms with Crippen molar-refractivity contribution >= 4 is 17.3 Å². The number of rotatable bonds is 6. The second kappa shape index (κ2) is 8.66. The molecule has 1 saturated carbocycles. The maximum Gasteiger partial charge on any atom is 0.221 e. The molecule has 0 bridgehead atoms. The molecule has 0 radical (unpaired) electrons. The fraction of sp³-hybridized carbons (Fsp3) is 0.611. The van der Waals surface area contributed by atoms with Gasteiger partial charge in [-0.15, -0.1) is 0 Å². The highest BCUT2D eigenvalue weighted by Crippen LogP contribution is 2.17. The summed E-state index contributed by atoms with van der Waals surface area (Å²) in [5.41, 5.74) is 2.24. The van der Waals surface area contributed by atoms with Gasteiger partial charge in [-0.25, -0.2) is 0 Å². The zero-order chi connectivity index (χ0) is 15.8. The molecule has 1 aromatic carbocycles. The number of carbonyl (C=O) groups excluding carboxylic acids is 1. The Morgan fingerprint density at radius 2 is 1.73 bits per heavy atom. The van der Waals surface area contributed by atoms with Crippen LogP contribution >= 0.6 is 0 Å². The van der Waals surface area contributed by atoms with Crippen LogP contribution in [0.25, 0.3) is 0 Å². The van der Waals surface area contributed by atoms with Crippen LogP contribution in [0.3, 0.4) is 0 Å². The smallest absolute Gasteiger partial charge is 0.221 e. The minimum atomic E-state index is 0.171. The maximum absolute atomic E-state index is 12.0. The Labute approximate surface area is 134 Å². The summed E-state index contributed by atoms with van der Waals surface area (Å²) >= 11 is 0. The molecular formula is C18H29N3O. The van der Waals surface area contributed by atoms with Gasteiger partial charge in [0, 0.05) is 44.5 Å². The highest BCUT2D eigenvalue weighted by atomic mass is 16.1. The van der Waals surface area contributed by atoms with Crippen molar-refractivity contribution < 1.29 is 4.79 Å². The summed E-state index contributed by atoms with van der Waals surface area (Å²) < 4.78 is 0. The lowest BCUT2D eigenvalue weighted by molar-refractivity contribution is -0.121. The summed E-state index contributed by atoms with van der Waals surface area (Å²) in [4.78, 5) is 14.1. The van der Waals surface area contributed by atoms with Crippen LogP contribution in [0.2, 0.25) is 0 Å². The molecule has 0 saturated heterocycles. The standard InChI is InChI=1S/C18H29N3O/c1-21(2)17-11-9-15(10-12-17)19-14-13-18(22)20-16-7-5-3-4-6-8-16/h9-12,16,19H,3-8,13-14H2,1-2H3,(H,20,22). The van der Waals surface area contributed by atoms with Gasteiger partial charge < -0.3 is 15.5 Å². The molecule has 1 fully saturated rings. The van der Waals surface area contributed by atoms with E-state index in [2.05, 4.69) is 39.8 Å². The fourth-order valence-corrected chi connectivity index (χ4v) is 2.92. The van der Waals surface area contributed by atoms with E-state index in [-0.39, 0.29) is 5.91 Å². The molecule has 0 aromatic heterocycles. The average Bonchev–Trinajstić information content (AvgIpc) is 2.76. The van der Waals surface area contributed by atoms with E-state index < -0.39 is 0 Å². The van der Waals surface area contributed by atoms with Crippen LogP contribution in [0.1, 0.15) is 44.9 Å². The third kappa shape index (κ3) is 5.58. The van der Waals surface area contributed by atoms with Crippen molar-refractivity contribution in [2.24, 2.45) is 0 Å². The van der Waals surface area contributed by atoms with E-state index in [1.165, 1.54) is 31.4 Å². The summed E-state index contributed by atoms with van der Waals surface area (Å²) in [6.07, 6.45) is 7.96. The van der Waals surface area contributed by atoms with Crippen molar-refractivity contribution in [3.05, 3.63) is 24.3 Å². The second-order valence-electron chi connectivity index (χ2n) is 6.37. The van der Waals surface area contributed by atoms with Crippen LogP contribution in [0, 0.1) is 0 Å². The van der Waals surface area contributed by atoms with E-state index in [1.807, 2.05) is 14.1 Å². The number of carbonyl (C=O) groups is 1. The number of hydrogen-bond acceptors (Lipinski definition) is 3. The molecule has 1 aliphatic carbocycles. The van der Waals surface area contributed by atoms with Gasteiger partial charge in [0.05, 0.1) is 0 Å².